The first-order valence-electron chi connectivity index (χ1n) is 5.52. The molecule has 1 amide bonds. The van der Waals surface area contributed by atoms with E-state index < -0.39 is 11.7 Å². The molecule has 0 aliphatic heterocycles. The highest BCUT2D eigenvalue weighted by atomic mass is 32.1. The van der Waals surface area contributed by atoms with Crippen LogP contribution >= 0.6 is 11.7 Å². The summed E-state index contributed by atoms with van der Waals surface area (Å²) in [5.41, 5.74) is 2.05. The van der Waals surface area contributed by atoms with E-state index in [1.807, 2.05) is 0 Å². The van der Waals surface area contributed by atoms with Crippen molar-refractivity contribution in [1.82, 2.24) is 8.75 Å². The maximum absolute atomic E-state index is 13.5. The number of hydrogen-bond donors (Lipinski definition) is 1. The van der Waals surface area contributed by atoms with E-state index >= 15 is 0 Å². The van der Waals surface area contributed by atoms with Crippen LogP contribution in [-0.2, 0) is 0 Å². The van der Waals surface area contributed by atoms with Crippen molar-refractivity contribution >= 4 is 34.4 Å². The molecule has 2 aromatic carbocycles. The molecular weight excluding hydrogens is 265 g/mol. The minimum atomic E-state index is -0.545. The molecule has 0 bridgehead atoms. The number of amides is 1. The van der Waals surface area contributed by atoms with Crippen molar-refractivity contribution in [3.63, 3.8) is 0 Å². The van der Waals surface area contributed by atoms with Crippen LogP contribution in [-0.4, -0.2) is 14.7 Å². The second-order valence-corrected chi connectivity index (χ2v) is 4.43. The van der Waals surface area contributed by atoms with Gasteiger partial charge in [-0.25, -0.2) is 4.39 Å². The Kier molecular flexibility index (Phi) is 2.92. The van der Waals surface area contributed by atoms with Gasteiger partial charge in [0.25, 0.3) is 5.91 Å². The predicted molar refractivity (Wildman–Crippen MR) is 71.8 cm³/mol. The molecule has 4 nitrogen and oxygen atoms in total. The minimum absolute atomic E-state index is 0.0130. The van der Waals surface area contributed by atoms with Gasteiger partial charge in [0.15, 0.2) is 0 Å². The maximum atomic E-state index is 13.5. The van der Waals surface area contributed by atoms with Gasteiger partial charge in [-0.3, -0.25) is 4.79 Å². The third kappa shape index (κ3) is 2.30. The number of rotatable bonds is 2. The number of anilines is 1. The Bertz CT molecular complexity index is 756. The zero-order valence-electron chi connectivity index (χ0n) is 9.63. The monoisotopic (exact) mass is 273 g/mol. The Labute approximate surface area is 112 Å². The van der Waals surface area contributed by atoms with Gasteiger partial charge in [-0.15, -0.1) is 0 Å². The third-order valence-electron chi connectivity index (χ3n) is 2.63. The molecule has 0 aliphatic rings. The molecule has 0 saturated carbocycles. The second kappa shape index (κ2) is 4.74. The highest BCUT2D eigenvalue weighted by molar-refractivity contribution is 7.00. The van der Waals surface area contributed by atoms with E-state index in [-0.39, 0.29) is 5.56 Å². The lowest BCUT2D eigenvalue weighted by Gasteiger charge is -2.05. The summed E-state index contributed by atoms with van der Waals surface area (Å²) >= 11 is 1.11. The topological polar surface area (TPSA) is 54.9 Å². The van der Waals surface area contributed by atoms with Crippen molar-refractivity contribution in [2.45, 2.75) is 0 Å². The largest absolute Gasteiger partial charge is 0.322 e. The molecule has 3 aromatic rings. The van der Waals surface area contributed by atoms with E-state index in [1.54, 1.807) is 30.3 Å². The van der Waals surface area contributed by atoms with Crippen molar-refractivity contribution in [2.24, 2.45) is 0 Å². The lowest BCUT2D eigenvalue weighted by molar-refractivity contribution is 0.102. The summed E-state index contributed by atoms with van der Waals surface area (Å²) in [4.78, 5) is 11.9. The normalized spacial score (nSPS) is 10.6. The van der Waals surface area contributed by atoms with Crippen molar-refractivity contribution < 1.29 is 9.18 Å². The van der Waals surface area contributed by atoms with Gasteiger partial charge in [0.05, 0.1) is 17.3 Å². The predicted octanol–water partition coefficient (Wildman–Crippen LogP) is 3.08. The molecule has 0 aliphatic carbocycles. The molecule has 1 aromatic heterocycles. The quantitative estimate of drug-likeness (QED) is 0.780. The number of hydrogen-bond acceptors (Lipinski definition) is 4. The molecule has 19 heavy (non-hydrogen) atoms. The van der Waals surface area contributed by atoms with Crippen LogP contribution in [0.1, 0.15) is 10.4 Å². The molecule has 0 atom stereocenters. The van der Waals surface area contributed by atoms with Crippen molar-refractivity contribution in [2.75, 3.05) is 5.32 Å². The molecule has 0 saturated heterocycles. The molecule has 0 radical (unpaired) electrons. The summed E-state index contributed by atoms with van der Waals surface area (Å²) in [5.74, 6) is -1.03. The zero-order chi connectivity index (χ0) is 13.2. The first-order chi connectivity index (χ1) is 9.24. The average molecular weight is 273 g/mol. The Morgan fingerprint density at radius 2 is 1.89 bits per heavy atom. The summed E-state index contributed by atoms with van der Waals surface area (Å²) in [7, 11) is 0. The summed E-state index contributed by atoms with van der Waals surface area (Å²) < 4.78 is 21.6. The highest BCUT2D eigenvalue weighted by Crippen LogP contribution is 2.18. The molecule has 0 spiro atoms. The lowest BCUT2D eigenvalue weighted by Crippen LogP contribution is -2.13. The Morgan fingerprint density at radius 1 is 1.11 bits per heavy atom. The highest BCUT2D eigenvalue weighted by Gasteiger charge is 2.11. The van der Waals surface area contributed by atoms with Crippen LogP contribution in [0.3, 0.4) is 0 Å². The SMILES string of the molecule is O=C(Nc1ccc2nsnc2c1)c1ccccc1F. The summed E-state index contributed by atoms with van der Waals surface area (Å²) in [6, 6.07) is 11.0. The van der Waals surface area contributed by atoms with Gasteiger partial charge < -0.3 is 5.32 Å². The summed E-state index contributed by atoms with van der Waals surface area (Å²) in [5, 5.41) is 2.64. The van der Waals surface area contributed by atoms with Gasteiger partial charge in [-0.1, -0.05) is 12.1 Å². The number of benzene rings is 2. The second-order valence-electron chi connectivity index (χ2n) is 3.90. The summed E-state index contributed by atoms with van der Waals surface area (Å²) in [6.45, 7) is 0. The van der Waals surface area contributed by atoms with Crippen molar-refractivity contribution in [3.05, 3.63) is 53.8 Å². The van der Waals surface area contributed by atoms with Gasteiger partial charge in [0.2, 0.25) is 0 Å². The number of carbonyl (C=O) groups is 1. The van der Waals surface area contributed by atoms with Crippen LogP contribution in [0, 0.1) is 5.82 Å². The summed E-state index contributed by atoms with van der Waals surface area (Å²) in [6.07, 6.45) is 0. The van der Waals surface area contributed by atoms with E-state index in [4.69, 9.17) is 0 Å². The first-order valence-corrected chi connectivity index (χ1v) is 6.25. The van der Waals surface area contributed by atoms with E-state index in [9.17, 15) is 9.18 Å². The maximum Gasteiger partial charge on any atom is 0.258 e. The van der Waals surface area contributed by atoms with Crippen LogP contribution in [0.2, 0.25) is 0 Å². The van der Waals surface area contributed by atoms with Gasteiger partial charge in [0.1, 0.15) is 16.9 Å². The lowest BCUT2D eigenvalue weighted by atomic mass is 10.2. The fourth-order valence-corrected chi connectivity index (χ4v) is 2.22. The van der Waals surface area contributed by atoms with Crippen molar-refractivity contribution in [1.29, 1.82) is 0 Å². The van der Waals surface area contributed by atoms with E-state index in [1.165, 1.54) is 12.1 Å². The van der Waals surface area contributed by atoms with Gasteiger partial charge >= 0.3 is 0 Å². The number of fused-ring (bicyclic) bond motifs is 1. The average Bonchev–Trinajstić information content (AvgIpc) is 2.86. The van der Waals surface area contributed by atoms with E-state index in [2.05, 4.69) is 14.1 Å². The third-order valence-corrected chi connectivity index (χ3v) is 3.19. The van der Waals surface area contributed by atoms with Crippen LogP contribution in [0.5, 0.6) is 0 Å². The molecule has 94 valence electrons. The van der Waals surface area contributed by atoms with E-state index in [0.29, 0.717) is 11.2 Å². The Morgan fingerprint density at radius 3 is 2.74 bits per heavy atom. The first kappa shape index (κ1) is 11.7. The number of nitrogens with zero attached hydrogens (tertiary/aromatic N) is 2. The number of halogens is 1. The molecule has 6 heteroatoms. The van der Waals surface area contributed by atoms with Gasteiger partial charge in [-0.05, 0) is 30.3 Å². The fourth-order valence-electron chi connectivity index (χ4n) is 1.70. The standard InChI is InChI=1S/C13H8FN3OS/c14-10-4-2-1-3-9(10)13(18)15-8-5-6-11-12(7-8)17-19-16-11/h1-7H,(H,15,18). The molecule has 3 rings (SSSR count). The number of carbonyl (C=O) groups excluding carboxylic acids is 1. The van der Waals surface area contributed by atoms with Crippen LogP contribution in [0.25, 0.3) is 11.0 Å². The van der Waals surface area contributed by atoms with Gasteiger partial charge in [-0.2, -0.15) is 8.75 Å². The number of aromatic nitrogens is 2. The fraction of sp³-hybridized carbons (Fsp3) is 0. The molecule has 0 unspecified atom stereocenters. The van der Waals surface area contributed by atoms with Crippen molar-refractivity contribution in [3.8, 4) is 0 Å². The molecule has 1 heterocycles. The smallest absolute Gasteiger partial charge is 0.258 e. The minimum Gasteiger partial charge on any atom is -0.322 e. The Balaban J connectivity index is 1.88. The zero-order valence-corrected chi connectivity index (χ0v) is 10.4. The Hall–Kier alpha value is -2.34. The van der Waals surface area contributed by atoms with Crippen LogP contribution < -0.4 is 5.32 Å². The number of nitrogens with one attached hydrogen (secondary N) is 1. The van der Waals surface area contributed by atoms with E-state index in [0.717, 1.165) is 17.2 Å². The molecule has 0 fully saturated rings. The molecular formula is C13H8FN3OS. The van der Waals surface area contributed by atoms with Gasteiger partial charge in [0, 0.05) is 5.69 Å². The van der Waals surface area contributed by atoms with Crippen LogP contribution in [0.4, 0.5) is 10.1 Å². The molecule has 1 N–H and O–H groups in total. The van der Waals surface area contributed by atoms with Crippen LogP contribution in [0.15, 0.2) is 42.5 Å².